The number of carbonyl (C=O) groups excluding carboxylic acids is 2. The average molecular weight is 516 g/mol. The summed E-state index contributed by atoms with van der Waals surface area (Å²) in [6, 6.07) is 11.4. The first-order valence-corrected chi connectivity index (χ1v) is 12.1. The number of amides is 1. The van der Waals surface area contributed by atoms with Crippen LogP contribution in [0.4, 0.5) is 18.9 Å². The number of ketones is 1. The Morgan fingerprint density at radius 2 is 1.81 bits per heavy atom. The van der Waals surface area contributed by atoms with E-state index in [0.29, 0.717) is 23.2 Å². The molecule has 1 aliphatic heterocycles. The van der Waals surface area contributed by atoms with E-state index in [1.807, 2.05) is 13.8 Å². The number of hydrogen-bond donors (Lipinski definition) is 1. The second-order valence-corrected chi connectivity index (χ2v) is 9.86. The highest BCUT2D eigenvalue weighted by Gasteiger charge is 2.48. The number of aliphatic hydroxyl groups excluding tert-OH is 1. The van der Waals surface area contributed by atoms with Gasteiger partial charge < -0.3 is 9.84 Å². The van der Waals surface area contributed by atoms with Crippen molar-refractivity contribution in [1.29, 1.82) is 0 Å². The minimum Gasteiger partial charge on any atom is -0.507 e. The Hall–Kier alpha value is -3.59. The van der Waals surface area contributed by atoms with E-state index in [0.717, 1.165) is 22.6 Å². The zero-order chi connectivity index (χ0) is 26.2. The van der Waals surface area contributed by atoms with Gasteiger partial charge in [-0.05, 0) is 72.3 Å². The van der Waals surface area contributed by atoms with Crippen molar-refractivity contribution in [3.8, 4) is 5.75 Å². The molecule has 1 unspecified atom stereocenters. The molecular formula is C27H24F3NO4S. The minimum absolute atomic E-state index is 0.0822. The molecule has 0 spiro atoms. The highest BCUT2D eigenvalue weighted by atomic mass is 32.1. The smallest absolute Gasteiger partial charge is 0.416 e. The molecule has 188 valence electrons. The van der Waals surface area contributed by atoms with E-state index in [4.69, 9.17) is 4.74 Å². The summed E-state index contributed by atoms with van der Waals surface area (Å²) in [7, 11) is 0. The van der Waals surface area contributed by atoms with Crippen LogP contribution in [-0.4, -0.2) is 23.4 Å². The molecule has 36 heavy (non-hydrogen) atoms. The van der Waals surface area contributed by atoms with Gasteiger partial charge in [-0.1, -0.05) is 19.9 Å². The van der Waals surface area contributed by atoms with Gasteiger partial charge in [0.15, 0.2) is 0 Å². The molecule has 0 saturated carbocycles. The lowest BCUT2D eigenvalue weighted by atomic mass is 9.98. The summed E-state index contributed by atoms with van der Waals surface area (Å²) in [5.74, 6) is -1.49. The van der Waals surface area contributed by atoms with Crippen LogP contribution in [0, 0.1) is 12.8 Å². The predicted octanol–water partition coefficient (Wildman–Crippen LogP) is 6.74. The monoisotopic (exact) mass is 515 g/mol. The van der Waals surface area contributed by atoms with Crippen molar-refractivity contribution in [2.75, 3.05) is 11.5 Å². The first kappa shape index (κ1) is 25.5. The van der Waals surface area contributed by atoms with Crippen LogP contribution >= 0.6 is 11.3 Å². The van der Waals surface area contributed by atoms with Gasteiger partial charge in [-0.3, -0.25) is 14.5 Å². The van der Waals surface area contributed by atoms with Crippen LogP contribution in [0.25, 0.3) is 5.76 Å². The quantitative estimate of drug-likeness (QED) is 0.224. The number of alkyl halides is 3. The largest absolute Gasteiger partial charge is 0.507 e. The van der Waals surface area contributed by atoms with Crippen LogP contribution in [0.2, 0.25) is 0 Å². The molecule has 2 aromatic carbocycles. The van der Waals surface area contributed by atoms with Crippen molar-refractivity contribution < 1.29 is 32.6 Å². The number of anilines is 1. The van der Waals surface area contributed by atoms with E-state index in [2.05, 4.69) is 0 Å². The second-order valence-electron chi connectivity index (χ2n) is 8.91. The van der Waals surface area contributed by atoms with Gasteiger partial charge in [0.25, 0.3) is 11.7 Å². The van der Waals surface area contributed by atoms with Crippen LogP contribution in [0.3, 0.4) is 0 Å². The number of thiophene rings is 1. The number of carbonyl (C=O) groups is 2. The third-order valence-electron chi connectivity index (χ3n) is 5.76. The Morgan fingerprint density at radius 1 is 1.11 bits per heavy atom. The SMILES string of the molecule is Cc1ccsc1C1/C(=C(/O)c2ccc(OCC(C)C)cc2)C(=O)C(=O)N1c1cccc(C(F)(F)F)c1. The van der Waals surface area contributed by atoms with Gasteiger partial charge in [0, 0.05) is 16.1 Å². The molecule has 0 bridgehead atoms. The first-order valence-electron chi connectivity index (χ1n) is 11.2. The third-order valence-corrected chi connectivity index (χ3v) is 6.83. The number of ether oxygens (including phenoxy) is 1. The Morgan fingerprint density at radius 3 is 2.39 bits per heavy atom. The lowest BCUT2D eigenvalue weighted by Gasteiger charge is -2.25. The summed E-state index contributed by atoms with van der Waals surface area (Å²) in [5.41, 5.74) is -0.180. The Bertz CT molecular complexity index is 1330. The molecule has 1 N–H and O–H groups in total. The molecule has 9 heteroatoms. The standard InChI is InChI=1S/C27H24F3NO4S/c1-15(2)14-35-20-9-7-17(8-10-20)23(32)21-22(25-16(3)11-12-36-25)31(26(34)24(21)33)19-6-4-5-18(13-19)27(28,29)30/h4-13,15,22,32H,14H2,1-3H3/b23-21-. The highest BCUT2D eigenvalue weighted by Crippen LogP contribution is 2.45. The van der Waals surface area contributed by atoms with E-state index >= 15 is 0 Å². The fourth-order valence-corrected chi connectivity index (χ4v) is 5.00. The molecule has 0 aliphatic carbocycles. The Kier molecular flexibility index (Phi) is 6.95. The van der Waals surface area contributed by atoms with Gasteiger partial charge in [0.1, 0.15) is 17.6 Å². The maximum atomic E-state index is 13.4. The number of rotatable bonds is 6. The third kappa shape index (κ3) is 4.88. The van der Waals surface area contributed by atoms with Crippen molar-refractivity contribution in [3.63, 3.8) is 0 Å². The number of aryl methyl sites for hydroxylation is 1. The number of Topliss-reactive ketones (excluding diaryl/α,β-unsaturated/α-hetero) is 1. The lowest BCUT2D eigenvalue weighted by molar-refractivity contribution is -0.137. The van der Waals surface area contributed by atoms with Crippen LogP contribution in [0.15, 0.2) is 65.6 Å². The average Bonchev–Trinajstić information content (AvgIpc) is 3.37. The van der Waals surface area contributed by atoms with E-state index in [9.17, 15) is 27.9 Å². The number of hydrogen-bond acceptors (Lipinski definition) is 5. The second kappa shape index (κ2) is 9.81. The van der Waals surface area contributed by atoms with Gasteiger partial charge in [-0.25, -0.2) is 0 Å². The zero-order valence-corrected chi connectivity index (χ0v) is 20.6. The minimum atomic E-state index is -4.63. The van der Waals surface area contributed by atoms with Crippen molar-refractivity contribution in [1.82, 2.24) is 0 Å². The molecule has 2 heterocycles. The van der Waals surface area contributed by atoms with Gasteiger partial charge in [0.05, 0.1) is 17.7 Å². The fraction of sp³-hybridized carbons (Fsp3) is 0.259. The summed E-state index contributed by atoms with van der Waals surface area (Å²) in [6.45, 7) is 6.30. The molecule has 1 aromatic heterocycles. The molecule has 1 saturated heterocycles. The molecule has 3 aromatic rings. The zero-order valence-electron chi connectivity index (χ0n) is 19.8. The van der Waals surface area contributed by atoms with Crippen molar-refractivity contribution >= 4 is 34.5 Å². The van der Waals surface area contributed by atoms with Crippen LogP contribution in [0.5, 0.6) is 5.75 Å². The molecule has 1 amide bonds. The topological polar surface area (TPSA) is 66.8 Å². The van der Waals surface area contributed by atoms with Gasteiger partial charge >= 0.3 is 6.18 Å². The molecule has 1 fully saturated rings. The Labute approximate surface area is 210 Å². The van der Waals surface area contributed by atoms with Crippen molar-refractivity contribution in [2.45, 2.75) is 33.0 Å². The molecular weight excluding hydrogens is 491 g/mol. The van der Waals surface area contributed by atoms with Gasteiger partial charge in [-0.2, -0.15) is 13.2 Å². The molecule has 4 rings (SSSR count). The molecule has 1 aliphatic rings. The summed E-state index contributed by atoms with van der Waals surface area (Å²) in [4.78, 5) is 28.0. The van der Waals surface area contributed by atoms with Gasteiger partial charge in [-0.15, -0.1) is 11.3 Å². The van der Waals surface area contributed by atoms with E-state index in [1.165, 1.54) is 23.5 Å². The van der Waals surface area contributed by atoms with Crippen molar-refractivity contribution in [2.24, 2.45) is 5.92 Å². The summed E-state index contributed by atoms with van der Waals surface area (Å²) < 4.78 is 45.8. The molecule has 0 radical (unpaired) electrons. The van der Waals surface area contributed by atoms with E-state index in [1.54, 1.807) is 42.6 Å². The fourth-order valence-electron chi connectivity index (χ4n) is 3.97. The normalized spacial score (nSPS) is 17.8. The molecule has 5 nitrogen and oxygen atoms in total. The number of aliphatic hydroxyl groups is 1. The molecule has 1 atom stereocenters. The summed E-state index contributed by atoms with van der Waals surface area (Å²) in [6.07, 6.45) is -4.63. The van der Waals surface area contributed by atoms with E-state index in [-0.39, 0.29) is 16.8 Å². The number of nitrogens with zero attached hydrogens (tertiary/aromatic N) is 1. The summed E-state index contributed by atoms with van der Waals surface area (Å²) >= 11 is 1.25. The van der Waals surface area contributed by atoms with E-state index < -0.39 is 35.2 Å². The Balaban J connectivity index is 1.83. The first-order chi connectivity index (χ1) is 17.0. The maximum Gasteiger partial charge on any atom is 0.416 e. The maximum absolute atomic E-state index is 13.4. The highest BCUT2D eigenvalue weighted by molar-refractivity contribution is 7.10. The van der Waals surface area contributed by atoms with Crippen molar-refractivity contribution in [3.05, 3.63) is 87.1 Å². The summed E-state index contributed by atoms with van der Waals surface area (Å²) in [5, 5.41) is 13.0. The predicted molar refractivity (Wildman–Crippen MR) is 132 cm³/mol. The van der Waals surface area contributed by atoms with Crippen LogP contribution in [0.1, 0.15) is 41.5 Å². The van der Waals surface area contributed by atoms with Crippen LogP contribution in [-0.2, 0) is 15.8 Å². The number of halogens is 3. The number of benzene rings is 2. The van der Waals surface area contributed by atoms with Gasteiger partial charge in [0.2, 0.25) is 0 Å². The van der Waals surface area contributed by atoms with Crippen LogP contribution < -0.4 is 9.64 Å². The lowest BCUT2D eigenvalue weighted by Crippen LogP contribution is -2.29.